The number of benzene rings is 1. The SMILES string of the molecule is C[C@@H]1CN(C(=O)c2cn(C3CCNCC3)nn2)C[C@H](c2ccccc2)O1. The van der Waals surface area contributed by atoms with Crippen molar-refractivity contribution < 1.29 is 9.53 Å². The van der Waals surface area contributed by atoms with Gasteiger partial charge in [0, 0.05) is 6.54 Å². The highest BCUT2D eigenvalue weighted by Crippen LogP contribution is 2.26. The number of hydrogen-bond acceptors (Lipinski definition) is 5. The highest BCUT2D eigenvalue weighted by Gasteiger charge is 2.31. The van der Waals surface area contributed by atoms with Gasteiger partial charge in [-0.05, 0) is 38.4 Å². The van der Waals surface area contributed by atoms with Crippen molar-refractivity contribution >= 4 is 5.91 Å². The van der Waals surface area contributed by atoms with E-state index < -0.39 is 0 Å². The summed E-state index contributed by atoms with van der Waals surface area (Å²) in [5.41, 5.74) is 1.51. The summed E-state index contributed by atoms with van der Waals surface area (Å²) < 4.78 is 7.90. The average molecular weight is 355 g/mol. The quantitative estimate of drug-likeness (QED) is 0.909. The fourth-order valence-electron chi connectivity index (χ4n) is 3.76. The lowest BCUT2D eigenvalue weighted by molar-refractivity contribution is -0.0693. The second-order valence-corrected chi connectivity index (χ2v) is 7.12. The van der Waals surface area contributed by atoms with E-state index in [1.165, 1.54) is 0 Å². The van der Waals surface area contributed by atoms with E-state index in [0.717, 1.165) is 31.5 Å². The van der Waals surface area contributed by atoms with Gasteiger partial charge in [-0.3, -0.25) is 4.79 Å². The molecule has 2 aliphatic heterocycles. The number of nitrogens with zero attached hydrogens (tertiary/aromatic N) is 4. The van der Waals surface area contributed by atoms with E-state index in [1.807, 2.05) is 46.8 Å². The molecule has 0 bridgehead atoms. The molecule has 0 unspecified atom stereocenters. The molecule has 1 amide bonds. The molecule has 3 heterocycles. The molecule has 7 heteroatoms. The van der Waals surface area contributed by atoms with Crippen LogP contribution in [0.25, 0.3) is 0 Å². The van der Waals surface area contributed by atoms with Crippen molar-refractivity contribution in [2.24, 2.45) is 0 Å². The summed E-state index contributed by atoms with van der Waals surface area (Å²) >= 11 is 0. The maximum atomic E-state index is 13.0. The van der Waals surface area contributed by atoms with Gasteiger partial charge in [0.05, 0.1) is 24.9 Å². The molecule has 0 spiro atoms. The monoisotopic (exact) mass is 355 g/mol. The zero-order chi connectivity index (χ0) is 17.9. The first kappa shape index (κ1) is 17.2. The third kappa shape index (κ3) is 3.64. The summed E-state index contributed by atoms with van der Waals surface area (Å²) in [5.74, 6) is -0.0683. The Labute approximate surface area is 153 Å². The van der Waals surface area contributed by atoms with Gasteiger partial charge < -0.3 is 15.0 Å². The highest BCUT2D eigenvalue weighted by molar-refractivity contribution is 5.92. The number of rotatable bonds is 3. The number of carbonyl (C=O) groups excluding carboxylic acids is 1. The van der Waals surface area contributed by atoms with Crippen molar-refractivity contribution in [2.45, 2.75) is 38.0 Å². The Balaban J connectivity index is 1.47. The molecule has 1 N–H and O–H groups in total. The number of carbonyl (C=O) groups is 1. The summed E-state index contributed by atoms with van der Waals surface area (Å²) in [6, 6.07) is 10.4. The smallest absolute Gasteiger partial charge is 0.276 e. The molecular formula is C19H25N5O2. The molecule has 2 fully saturated rings. The molecule has 0 aliphatic carbocycles. The van der Waals surface area contributed by atoms with E-state index in [9.17, 15) is 4.79 Å². The van der Waals surface area contributed by atoms with Crippen molar-refractivity contribution in [1.29, 1.82) is 0 Å². The van der Waals surface area contributed by atoms with Gasteiger partial charge in [-0.1, -0.05) is 35.5 Å². The summed E-state index contributed by atoms with van der Waals surface area (Å²) in [6.07, 6.45) is 3.71. The van der Waals surface area contributed by atoms with Crippen LogP contribution < -0.4 is 5.32 Å². The van der Waals surface area contributed by atoms with Crippen LogP contribution in [-0.2, 0) is 4.74 Å². The zero-order valence-corrected chi connectivity index (χ0v) is 15.0. The van der Waals surface area contributed by atoms with E-state index in [4.69, 9.17) is 4.74 Å². The van der Waals surface area contributed by atoms with E-state index in [2.05, 4.69) is 15.6 Å². The number of piperidine rings is 1. The van der Waals surface area contributed by atoms with Crippen molar-refractivity contribution in [1.82, 2.24) is 25.2 Å². The predicted molar refractivity (Wildman–Crippen MR) is 96.8 cm³/mol. The molecular weight excluding hydrogens is 330 g/mol. The summed E-state index contributed by atoms with van der Waals surface area (Å²) in [6.45, 7) is 5.07. The lowest BCUT2D eigenvalue weighted by Gasteiger charge is -2.36. The third-order valence-corrected chi connectivity index (χ3v) is 5.13. The zero-order valence-electron chi connectivity index (χ0n) is 15.0. The second-order valence-electron chi connectivity index (χ2n) is 7.12. The van der Waals surface area contributed by atoms with Crippen molar-refractivity contribution in [2.75, 3.05) is 26.2 Å². The van der Waals surface area contributed by atoms with Gasteiger partial charge in [0.1, 0.15) is 6.10 Å². The summed E-state index contributed by atoms with van der Waals surface area (Å²) in [4.78, 5) is 14.8. The fraction of sp³-hybridized carbons (Fsp3) is 0.526. The van der Waals surface area contributed by atoms with Crippen LogP contribution in [0.5, 0.6) is 0 Å². The molecule has 1 aromatic carbocycles. The molecule has 2 aliphatic rings. The van der Waals surface area contributed by atoms with Crippen molar-refractivity contribution in [3.63, 3.8) is 0 Å². The number of amides is 1. The predicted octanol–water partition coefficient (Wildman–Crippen LogP) is 1.80. The lowest BCUT2D eigenvalue weighted by atomic mass is 10.1. The van der Waals surface area contributed by atoms with Crippen LogP contribution in [0, 0.1) is 0 Å². The third-order valence-electron chi connectivity index (χ3n) is 5.13. The topological polar surface area (TPSA) is 72.3 Å². The van der Waals surface area contributed by atoms with Gasteiger partial charge in [0.15, 0.2) is 5.69 Å². The first-order valence-corrected chi connectivity index (χ1v) is 9.33. The van der Waals surface area contributed by atoms with E-state index in [0.29, 0.717) is 24.8 Å². The molecule has 1 aromatic heterocycles. The number of nitrogens with one attached hydrogen (secondary N) is 1. The van der Waals surface area contributed by atoms with Crippen LogP contribution in [0.15, 0.2) is 36.5 Å². The maximum absolute atomic E-state index is 13.0. The van der Waals surface area contributed by atoms with Crippen LogP contribution in [0.3, 0.4) is 0 Å². The minimum atomic E-state index is -0.108. The van der Waals surface area contributed by atoms with Gasteiger partial charge in [-0.15, -0.1) is 5.10 Å². The number of ether oxygens (including phenoxy) is 1. The van der Waals surface area contributed by atoms with Crippen molar-refractivity contribution in [3.8, 4) is 0 Å². The minimum Gasteiger partial charge on any atom is -0.367 e. The highest BCUT2D eigenvalue weighted by atomic mass is 16.5. The Kier molecular flexibility index (Phi) is 4.99. The standard InChI is InChI=1S/C19H25N5O2/c1-14-11-23(13-18(26-14)15-5-3-2-4-6-15)19(25)17-12-24(22-21-17)16-7-9-20-10-8-16/h2-6,12,14,16,18,20H,7-11,13H2,1H3/t14-,18-/m1/s1. The van der Waals surface area contributed by atoms with E-state index in [-0.39, 0.29) is 18.1 Å². The molecule has 0 saturated carbocycles. The minimum absolute atomic E-state index is 0.0163. The van der Waals surface area contributed by atoms with Gasteiger partial charge >= 0.3 is 0 Å². The molecule has 4 rings (SSSR count). The van der Waals surface area contributed by atoms with Crippen LogP contribution in [0.4, 0.5) is 0 Å². The lowest BCUT2D eigenvalue weighted by Crippen LogP contribution is -2.46. The van der Waals surface area contributed by atoms with Gasteiger partial charge in [0.2, 0.25) is 0 Å². The van der Waals surface area contributed by atoms with Crippen LogP contribution in [-0.4, -0.2) is 58.1 Å². The van der Waals surface area contributed by atoms with Crippen molar-refractivity contribution in [3.05, 3.63) is 47.8 Å². The largest absolute Gasteiger partial charge is 0.367 e. The first-order valence-electron chi connectivity index (χ1n) is 9.33. The Morgan fingerprint density at radius 3 is 2.73 bits per heavy atom. The van der Waals surface area contributed by atoms with E-state index >= 15 is 0 Å². The molecule has 26 heavy (non-hydrogen) atoms. The molecule has 138 valence electrons. The molecule has 2 saturated heterocycles. The Morgan fingerprint density at radius 2 is 1.96 bits per heavy atom. The number of hydrogen-bond donors (Lipinski definition) is 1. The molecule has 0 radical (unpaired) electrons. The average Bonchev–Trinajstić information content (AvgIpc) is 3.18. The van der Waals surface area contributed by atoms with Gasteiger partial charge in [0.25, 0.3) is 5.91 Å². The number of aromatic nitrogens is 3. The fourth-order valence-corrected chi connectivity index (χ4v) is 3.76. The van der Waals surface area contributed by atoms with Crippen LogP contribution >= 0.6 is 0 Å². The van der Waals surface area contributed by atoms with E-state index in [1.54, 1.807) is 6.20 Å². The summed E-state index contributed by atoms with van der Waals surface area (Å²) in [7, 11) is 0. The first-order chi connectivity index (χ1) is 12.7. The Morgan fingerprint density at radius 1 is 1.19 bits per heavy atom. The van der Waals surface area contributed by atoms with Gasteiger partial charge in [-0.25, -0.2) is 4.68 Å². The van der Waals surface area contributed by atoms with Gasteiger partial charge in [-0.2, -0.15) is 0 Å². The molecule has 2 aromatic rings. The number of morpholine rings is 1. The Bertz CT molecular complexity index is 741. The normalized spacial score (nSPS) is 24.6. The van der Waals surface area contributed by atoms with Crippen LogP contribution in [0.2, 0.25) is 0 Å². The summed E-state index contributed by atoms with van der Waals surface area (Å²) in [5, 5.41) is 11.7. The molecule has 7 nitrogen and oxygen atoms in total. The Hall–Kier alpha value is -2.25. The van der Waals surface area contributed by atoms with Crippen LogP contribution in [0.1, 0.15) is 48.0 Å². The molecule has 2 atom stereocenters. The second kappa shape index (κ2) is 7.55. The maximum Gasteiger partial charge on any atom is 0.276 e.